The zero-order chi connectivity index (χ0) is 12.0. The van der Waals surface area contributed by atoms with Crippen LogP contribution < -0.4 is 5.73 Å². The van der Waals surface area contributed by atoms with Crippen LogP contribution in [0.4, 0.5) is 0 Å². The Morgan fingerprint density at radius 1 is 1.44 bits per heavy atom. The van der Waals surface area contributed by atoms with Crippen LogP contribution in [0.25, 0.3) is 0 Å². The highest BCUT2D eigenvalue weighted by Crippen LogP contribution is 2.16. The molecule has 1 atom stereocenters. The lowest BCUT2D eigenvalue weighted by molar-refractivity contribution is 0.220. The molecule has 0 saturated heterocycles. The molecule has 1 unspecified atom stereocenters. The maximum absolute atomic E-state index is 8.83. The maximum atomic E-state index is 8.83. The molecule has 0 fully saturated rings. The van der Waals surface area contributed by atoms with E-state index in [2.05, 4.69) is 0 Å². The zero-order valence-electron chi connectivity index (χ0n) is 9.56. The Bertz CT molecular complexity index is 326. The predicted octanol–water partition coefficient (Wildman–Crippen LogP) is 0.630. The van der Waals surface area contributed by atoms with Crippen LogP contribution in [0, 0.1) is 5.41 Å². The first kappa shape index (κ1) is 12.7. The van der Waals surface area contributed by atoms with Gasteiger partial charge in [-0.05, 0) is 12.6 Å². The van der Waals surface area contributed by atoms with Crippen molar-refractivity contribution in [3.63, 3.8) is 0 Å². The van der Waals surface area contributed by atoms with E-state index in [0.717, 1.165) is 5.56 Å². The fourth-order valence-corrected chi connectivity index (χ4v) is 1.64. The molecule has 0 saturated carbocycles. The van der Waals surface area contributed by atoms with E-state index in [0.29, 0.717) is 13.1 Å². The molecule has 0 aliphatic rings. The predicted molar refractivity (Wildman–Crippen MR) is 65.7 cm³/mol. The van der Waals surface area contributed by atoms with Crippen molar-refractivity contribution in [1.29, 1.82) is 5.41 Å². The summed E-state index contributed by atoms with van der Waals surface area (Å²) in [6, 6.07) is 9.77. The summed E-state index contributed by atoms with van der Waals surface area (Å²) in [5, 5.41) is 16.4. The molecule has 88 valence electrons. The van der Waals surface area contributed by atoms with Gasteiger partial charge in [0.2, 0.25) is 0 Å². The smallest absolute Gasteiger partial charge is 0.0995 e. The second-order valence-corrected chi connectivity index (χ2v) is 3.90. The van der Waals surface area contributed by atoms with Crippen molar-refractivity contribution >= 4 is 5.84 Å². The standard InChI is InChI=1S/C12H19N3O/c1-15(7-8-16)9-11(12(13)14)10-5-3-2-4-6-10/h2-6,11,16H,7-9H2,1H3,(H3,13,14). The molecule has 16 heavy (non-hydrogen) atoms. The van der Waals surface area contributed by atoms with Gasteiger partial charge < -0.3 is 15.7 Å². The van der Waals surface area contributed by atoms with Crippen LogP contribution in [0.5, 0.6) is 0 Å². The molecule has 0 bridgehead atoms. The highest BCUT2D eigenvalue weighted by Gasteiger charge is 2.16. The molecule has 4 heteroatoms. The van der Waals surface area contributed by atoms with Crippen molar-refractivity contribution in [2.45, 2.75) is 5.92 Å². The normalized spacial score (nSPS) is 12.7. The number of benzene rings is 1. The number of rotatable bonds is 6. The molecule has 0 spiro atoms. The minimum Gasteiger partial charge on any atom is -0.395 e. The Hall–Kier alpha value is -1.39. The number of nitrogens with zero attached hydrogens (tertiary/aromatic N) is 1. The molecule has 1 aromatic carbocycles. The zero-order valence-corrected chi connectivity index (χ0v) is 9.56. The molecule has 0 heterocycles. The van der Waals surface area contributed by atoms with Crippen LogP contribution in [0.15, 0.2) is 30.3 Å². The van der Waals surface area contributed by atoms with Crippen LogP contribution in [0.1, 0.15) is 11.5 Å². The summed E-state index contributed by atoms with van der Waals surface area (Å²) < 4.78 is 0. The third kappa shape index (κ3) is 3.64. The first-order chi connectivity index (χ1) is 7.65. The van der Waals surface area contributed by atoms with Crippen molar-refractivity contribution in [2.75, 3.05) is 26.7 Å². The van der Waals surface area contributed by atoms with Gasteiger partial charge in [-0.15, -0.1) is 0 Å². The van der Waals surface area contributed by atoms with Crippen molar-refractivity contribution in [3.8, 4) is 0 Å². The molecule has 0 aliphatic carbocycles. The Kier molecular flexibility index (Phi) is 4.95. The lowest BCUT2D eigenvalue weighted by Crippen LogP contribution is -2.33. The fourth-order valence-electron chi connectivity index (χ4n) is 1.64. The Balaban J connectivity index is 2.73. The molecule has 0 amide bonds. The van der Waals surface area contributed by atoms with Gasteiger partial charge in [-0.3, -0.25) is 5.41 Å². The van der Waals surface area contributed by atoms with E-state index >= 15 is 0 Å². The molecule has 1 rings (SSSR count). The third-order valence-corrected chi connectivity index (χ3v) is 2.55. The minimum atomic E-state index is -0.0993. The van der Waals surface area contributed by atoms with E-state index in [1.54, 1.807) is 0 Å². The van der Waals surface area contributed by atoms with Crippen LogP contribution in [-0.2, 0) is 0 Å². The Morgan fingerprint density at radius 2 is 2.06 bits per heavy atom. The van der Waals surface area contributed by atoms with Crippen molar-refractivity contribution in [3.05, 3.63) is 35.9 Å². The lowest BCUT2D eigenvalue weighted by Gasteiger charge is -2.22. The largest absolute Gasteiger partial charge is 0.395 e. The van der Waals surface area contributed by atoms with Crippen LogP contribution in [-0.4, -0.2) is 42.6 Å². The molecular weight excluding hydrogens is 202 g/mol. The van der Waals surface area contributed by atoms with E-state index in [1.807, 2.05) is 42.3 Å². The monoisotopic (exact) mass is 221 g/mol. The van der Waals surface area contributed by atoms with E-state index in [9.17, 15) is 0 Å². The van der Waals surface area contributed by atoms with Gasteiger partial charge in [-0.2, -0.15) is 0 Å². The average Bonchev–Trinajstić information content (AvgIpc) is 2.27. The summed E-state index contributed by atoms with van der Waals surface area (Å²) in [7, 11) is 1.91. The Labute approximate surface area is 96.2 Å². The van der Waals surface area contributed by atoms with E-state index in [4.69, 9.17) is 16.2 Å². The summed E-state index contributed by atoms with van der Waals surface area (Å²) >= 11 is 0. The maximum Gasteiger partial charge on any atom is 0.0995 e. The number of aliphatic hydroxyl groups is 1. The van der Waals surface area contributed by atoms with Gasteiger partial charge in [-0.25, -0.2) is 0 Å². The molecule has 0 radical (unpaired) electrons. The second-order valence-electron chi connectivity index (χ2n) is 3.90. The van der Waals surface area contributed by atoms with Gasteiger partial charge in [0.25, 0.3) is 0 Å². The molecule has 0 aromatic heterocycles. The number of nitrogens with one attached hydrogen (secondary N) is 1. The van der Waals surface area contributed by atoms with Gasteiger partial charge in [0.15, 0.2) is 0 Å². The van der Waals surface area contributed by atoms with Crippen molar-refractivity contribution in [1.82, 2.24) is 4.90 Å². The van der Waals surface area contributed by atoms with E-state index < -0.39 is 0 Å². The van der Waals surface area contributed by atoms with Gasteiger partial charge in [0, 0.05) is 13.1 Å². The second kappa shape index (κ2) is 6.25. The van der Waals surface area contributed by atoms with Crippen LogP contribution >= 0.6 is 0 Å². The number of likely N-dealkylation sites (N-methyl/N-ethyl adjacent to an activating group) is 1. The molecule has 1 aromatic rings. The third-order valence-electron chi connectivity index (χ3n) is 2.55. The number of nitrogens with two attached hydrogens (primary N) is 1. The minimum absolute atomic E-state index is 0.0993. The van der Waals surface area contributed by atoms with Crippen molar-refractivity contribution in [2.24, 2.45) is 5.73 Å². The number of amidine groups is 1. The molecular formula is C12H19N3O. The molecule has 4 nitrogen and oxygen atoms in total. The number of hydrogen-bond acceptors (Lipinski definition) is 3. The average molecular weight is 221 g/mol. The van der Waals surface area contributed by atoms with Gasteiger partial charge >= 0.3 is 0 Å². The van der Waals surface area contributed by atoms with Crippen LogP contribution in [0.3, 0.4) is 0 Å². The lowest BCUT2D eigenvalue weighted by atomic mass is 9.97. The van der Waals surface area contributed by atoms with Gasteiger partial charge in [-0.1, -0.05) is 30.3 Å². The van der Waals surface area contributed by atoms with E-state index in [1.165, 1.54) is 0 Å². The van der Waals surface area contributed by atoms with Crippen molar-refractivity contribution < 1.29 is 5.11 Å². The summed E-state index contributed by atoms with van der Waals surface area (Å²) in [5.41, 5.74) is 6.65. The fraction of sp³-hybridized carbons (Fsp3) is 0.417. The summed E-state index contributed by atoms with van der Waals surface area (Å²) in [4.78, 5) is 1.97. The van der Waals surface area contributed by atoms with Crippen LogP contribution in [0.2, 0.25) is 0 Å². The molecule has 4 N–H and O–H groups in total. The summed E-state index contributed by atoms with van der Waals surface area (Å²) in [5.74, 6) is 0.0636. The van der Waals surface area contributed by atoms with Gasteiger partial charge in [0.1, 0.15) is 0 Å². The first-order valence-corrected chi connectivity index (χ1v) is 5.33. The topological polar surface area (TPSA) is 73.3 Å². The van der Waals surface area contributed by atoms with Gasteiger partial charge in [0.05, 0.1) is 18.4 Å². The summed E-state index contributed by atoms with van der Waals surface area (Å²) in [6.07, 6.45) is 0. The van der Waals surface area contributed by atoms with E-state index in [-0.39, 0.29) is 18.4 Å². The SMILES string of the molecule is CN(CCO)CC(C(=N)N)c1ccccc1. The number of hydrogen-bond donors (Lipinski definition) is 3. The Morgan fingerprint density at radius 3 is 2.56 bits per heavy atom. The quantitative estimate of drug-likeness (QED) is 0.487. The first-order valence-electron chi connectivity index (χ1n) is 5.33. The highest BCUT2D eigenvalue weighted by molar-refractivity contribution is 5.84. The number of aliphatic hydroxyl groups excluding tert-OH is 1. The molecule has 0 aliphatic heterocycles. The highest BCUT2D eigenvalue weighted by atomic mass is 16.3. The summed E-state index contributed by atoms with van der Waals surface area (Å²) in [6.45, 7) is 1.37.